The molecule has 1 aromatic rings. The van der Waals surface area contributed by atoms with E-state index in [1.54, 1.807) is 0 Å². The maximum absolute atomic E-state index is 10.9. The van der Waals surface area contributed by atoms with Crippen LogP contribution in [0, 0.1) is 0 Å². The van der Waals surface area contributed by atoms with Crippen LogP contribution < -0.4 is 5.32 Å². The lowest BCUT2D eigenvalue weighted by Gasteiger charge is -1.95. The van der Waals surface area contributed by atoms with Crippen LogP contribution in [-0.2, 0) is 4.79 Å². The highest BCUT2D eigenvalue weighted by molar-refractivity contribution is 5.91. The Kier molecular flexibility index (Phi) is 2.42. The fraction of sp³-hybridized carbons (Fsp3) is 0.167. The van der Waals surface area contributed by atoms with Gasteiger partial charge in [0.15, 0.2) is 0 Å². The zero-order chi connectivity index (χ0) is 8.97. The minimum Gasteiger partial charge on any atom is -0.480 e. The van der Waals surface area contributed by atoms with Gasteiger partial charge in [-0.05, 0) is 0 Å². The van der Waals surface area contributed by atoms with Crippen molar-refractivity contribution in [2.45, 2.75) is 0 Å². The molecule has 6 heteroatoms. The molecule has 1 heterocycles. The van der Waals surface area contributed by atoms with Gasteiger partial charge in [-0.25, -0.2) is 4.98 Å². The molecule has 64 valence electrons. The van der Waals surface area contributed by atoms with E-state index in [0.717, 1.165) is 0 Å². The summed E-state index contributed by atoms with van der Waals surface area (Å²) in [5, 5.41) is 10.3. The molecule has 0 aliphatic heterocycles. The molecule has 0 fully saturated rings. The average Bonchev–Trinajstić information content (AvgIpc) is 2.51. The largest absolute Gasteiger partial charge is 0.480 e. The molecule has 6 nitrogen and oxygen atoms in total. The maximum Gasteiger partial charge on any atom is 0.322 e. The van der Waals surface area contributed by atoms with Crippen LogP contribution in [0.15, 0.2) is 16.9 Å². The summed E-state index contributed by atoms with van der Waals surface area (Å²) in [4.78, 5) is 24.4. The normalized spacial score (nSPS) is 9.33. The van der Waals surface area contributed by atoms with E-state index >= 15 is 0 Å². The van der Waals surface area contributed by atoms with Gasteiger partial charge in [-0.2, -0.15) is 0 Å². The van der Waals surface area contributed by atoms with E-state index in [2.05, 4.69) is 14.7 Å². The second kappa shape index (κ2) is 3.51. The van der Waals surface area contributed by atoms with Crippen molar-refractivity contribution in [1.29, 1.82) is 0 Å². The number of carboxylic acids is 1. The van der Waals surface area contributed by atoms with Gasteiger partial charge in [0.1, 0.15) is 12.8 Å². The molecule has 0 unspecified atom stereocenters. The lowest BCUT2D eigenvalue weighted by molar-refractivity contribution is -0.135. The van der Waals surface area contributed by atoms with E-state index in [-0.39, 0.29) is 5.89 Å². The maximum atomic E-state index is 10.9. The molecule has 0 aliphatic rings. The third-order valence-corrected chi connectivity index (χ3v) is 1.03. The molecule has 0 aliphatic carbocycles. The van der Waals surface area contributed by atoms with Gasteiger partial charge in [-0.15, -0.1) is 0 Å². The molecule has 0 aromatic carbocycles. The topological polar surface area (TPSA) is 92.4 Å². The summed E-state index contributed by atoms with van der Waals surface area (Å²) in [6.45, 7) is -0.443. The van der Waals surface area contributed by atoms with Crippen LogP contribution in [0.1, 0.15) is 10.7 Å². The fourth-order valence-corrected chi connectivity index (χ4v) is 0.567. The van der Waals surface area contributed by atoms with E-state index in [1.165, 1.54) is 12.5 Å². The smallest absolute Gasteiger partial charge is 0.322 e. The number of nitrogens with zero attached hydrogens (tertiary/aromatic N) is 1. The van der Waals surface area contributed by atoms with Crippen molar-refractivity contribution < 1.29 is 19.1 Å². The van der Waals surface area contributed by atoms with Crippen LogP contribution >= 0.6 is 0 Å². The van der Waals surface area contributed by atoms with Gasteiger partial charge in [0, 0.05) is 0 Å². The monoisotopic (exact) mass is 170 g/mol. The highest BCUT2D eigenvalue weighted by atomic mass is 16.4. The van der Waals surface area contributed by atoms with Gasteiger partial charge in [0.25, 0.3) is 5.89 Å². The summed E-state index contributed by atoms with van der Waals surface area (Å²) < 4.78 is 4.61. The Hall–Kier alpha value is -1.85. The van der Waals surface area contributed by atoms with Gasteiger partial charge >= 0.3 is 11.9 Å². The van der Waals surface area contributed by atoms with Crippen molar-refractivity contribution in [3.8, 4) is 0 Å². The molecule has 0 saturated heterocycles. The molecule has 1 rings (SSSR count). The van der Waals surface area contributed by atoms with E-state index in [1.807, 2.05) is 0 Å². The number of hydrogen-bond acceptors (Lipinski definition) is 4. The lowest BCUT2D eigenvalue weighted by atomic mass is 10.5. The van der Waals surface area contributed by atoms with E-state index < -0.39 is 18.4 Å². The van der Waals surface area contributed by atoms with Crippen molar-refractivity contribution in [3.63, 3.8) is 0 Å². The number of hydrogen-bond donors (Lipinski definition) is 2. The van der Waals surface area contributed by atoms with Crippen LogP contribution in [0.5, 0.6) is 0 Å². The quantitative estimate of drug-likeness (QED) is 0.637. The summed E-state index contributed by atoms with van der Waals surface area (Å²) in [7, 11) is 0. The first-order chi connectivity index (χ1) is 5.70. The summed E-state index contributed by atoms with van der Waals surface area (Å²) in [5.74, 6) is -1.89. The Bertz CT molecular complexity index is 280. The molecule has 0 radical (unpaired) electrons. The Labute approximate surface area is 67.2 Å². The Morgan fingerprint density at radius 2 is 2.42 bits per heavy atom. The predicted molar refractivity (Wildman–Crippen MR) is 36.5 cm³/mol. The lowest BCUT2D eigenvalue weighted by Crippen LogP contribution is -2.29. The highest BCUT2D eigenvalue weighted by Gasteiger charge is 2.10. The van der Waals surface area contributed by atoms with Gasteiger partial charge < -0.3 is 14.8 Å². The number of carboxylic acid groups (broad SMARTS) is 1. The molecule has 1 aromatic heterocycles. The summed E-state index contributed by atoms with van der Waals surface area (Å²) in [6.07, 6.45) is 2.53. The van der Waals surface area contributed by atoms with Gasteiger partial charge in [0.05, 0.1) is 6.20 Å². The minimum atomic E-state index is -1.12. The Morgan fingerprint density at radius 1 is 1.67 bits per heavy atom. The fourth-order valence-electron chi connectivity index (χ4n) is 0.567. The number of amides is 1. The summed E-state index contributed by atoms with van der Waals surface area (Å²) in [5.41, 5.74) is 0. The SMILES string of the molecule is O=C(O)CNC(=O)c1ncco1. The zero-order valence-electron chi connectivity index (χ0n) is 5.98. The van der Waals surface area contributed by atoms with Crippen LogP contribution in [0.4, 0.5) is 0 Å². The van der Waals surface area contributed by atoms with Crippen LogP contribution in [0.2, 0.25) is 0 Å². The average molecular weight is 170 g/mol. The third-order valence-electron chi connectivity index (χ3n) is 1.03. The molecule has 0 atom stereocenters. The second-order valence-corrected chi connectivity index (χ2v) is 1.91. The number of nitrogens with one attached hydrogen (secondary N) is 1. The van der Waals surface area contributed by atoms with Gasteiger partial charge in [-0.3, -0.25) is 9.59 Å². The number of aromatic nitrogens is 1. The molecule has 0 bridgehead atoms. The number of carbonyl (C=O) groups excluding carboxylic acids is 1. The van der Waals surface area contributed by atoms with Gasteiger partial charge in [-0.1, -0.05) is 0 Å². The number of rotatable bonds is 3. The minimum absolute atomic E-state index is 0.142. The highest BCUT2D eigenvalue weighted by Crippen LogP contribution is 1.92. The van der Waals surface area contributed by atoms with Crippen molar-refractivity contribution in [1.82, 2.24) is 10.3 Å². The Morgan fingerprint density at radius 3 is 2.92 bits per heavy atom. The molecule has 12 heavy (non-hydrogen) atoms. The van der Waals surface area contributed by atoms with Crippen LogP contribution in [-0.4, -0.2) is 28.5 Å². The first kappa shape index (κ1) is 8.25. The molecule has 0 saturated carbocycles. The van der Waals surface area contributed by atoms with E-state index in [0.29, 0.717) is 0 Å². The van der Waals surface area contributed by atoms with Crippen molar-refractivity contribution in [3.05, 3.63) is 18.4 Å². The summed E-state index contributed by atoms with van der Waals surface area (Å²) in [6, 6.07) is 0. The van der Waals surface area contributed by atoms with Gasteiger partial charge in [0.2, 0.25) is 0 Å². The first-order valence-corrected chi connectivity index (χ1v) is 3.09. The summed E-state index contributed by atoms with van der Waals surface area (Å²) >= 11 is 0. The number of carbonyl (C=O) groups is 2. The van der Waals surface area contributed by atoms with Crippen LogP contribution in [0.25, 0.3) is 0 Å². The molecule has 0 spiro atoms. The Balaban J connectivity index is 2.45. The molecule has 2 N–H and O–H groups in total. The molecule has 1 amide bonds. The van der Waals surface area contributed by atoms with Crippen LogP contribution in [0.3, 0.4) is 0 Å². The first-order valence-electron chi connectivity index (χ1n) is 3.09. The zero-order valence-corrected chi connectivity index (χ0v) is 5.98. The van der Waals surface area contributed by atoms with Crippen molar-refractivity contribution >= 4 is 11.9 Å². The molecular formula is C6H6N2O4. The third kappa shape index (κ3) is 2.08. The van der Waals surface area contributed by atoms with Crippen molar-refractivity contribution in [2.24, 2.45) is 0 Å². The standard InChI is InChI=1S/C6H6N2O4/c9-4(10)3-8-5(11)6-7-1-2-12-6/h1-2H,3H2,(H,8,11)(H,9,10). The van der Waals surface area contributed by atoms with E-state index in [9.17, 15) is 9.59 Å². The molecular weight excluding hydrogens is 164 g/mol. The van der Waals surface area contributed by atoms with Crippen molar-refractivity contribution in [2.75, 3.05) is 6.54 Å². The predicted octanol–water partition coefficient (Wildman–Crippen LogP) is -0.511. The number of aliphatic carboxylic acids is 1. The van der Waals surface area contributed by atoms with E-state index in [4.69, 9.17) is 5.11 Å². The number of oxazole rings is 1. The second-order valence-electron chi connectivity index (χ2n) is 1.91.